The first kappa shape index (κ1) is 12.7. The summed E-state index contributed by atoms with van der Waals surface area (Å²) in [5.41, 5.74) is 1.61. The van der Waals surface area contributed by atoms with Crippen LogP contribution in [-0.4, -0.2) is 6.54 Å². The predicted molar refractivity (Wildman–Crippen MR) is 75.4 cm³/mol. The van der Waals surface area contributed by atoms with Crippen molar-refractivity contribution < 1.29 is 0 Å². The normalized spacial score (nSPS) is 15.2. The van der Waals surface area contributed by atoms with Crippen molar-refractivity contribution in [3.8, 4) is 11.8 Å². The highest BCUT2D eigenvalue weighted by Gasteiger charge is 2.19. The van der Waals surface area contributed by atoms with Gasteiger partial charge in [0.25, 0.3) is 0 Å². The Morgan fingerprint density at radius 1 is 1.47 bits per heavy atom. The first-order valence-corrected chi connectivity index (χ1v) is 7.41. The monoisotopic (exact) mass is 247 g/mol. The van der Waals surface area contributed by atoms with E-state index in [1.807, 2.05) is 18.3 Å². The minimum Gasteiger partial charge on any atom is -0.309 e. The van der Waals surface area contributed by atoms with E-state index in [1.165, 1.54) is 24.1 Å². The van der Waals surface area contributed by atoms with Crippen LogP contribution in [0.4, 0.5) is 0 Å². The van der Waals surface area contributed by atoms with E-state index in [-0.39, 0.29) is 0 Å². The van der Waals surface area contributed by atoms with E-state index in [1.54, 1.807) is 10.4 Å². The van der Waals surface area contributed by atoms with Gasteiger partial charge < -0.3 is 5.32 Å². The lowest BCUT2D eigenvalue weighted by atomic mass is 10.1. The second kappa shape index (κ2) is 6.23. The van der Waals surface area contributed by atoms with Gasteiger partial charge in [-0.3, -0.25) is 0 Å². The molecule has 1 heterocycles. The maximum atomic E-state index is 3.59. The van der Waals surface area contributed by atoms with E-state index < -0.39 is 0 Å². The standard InChI is InChI=1S/C15H21NS/c1-3-5-6-9-13(16-4-2)15-11-12-8-7-10-14(12)17-15/h11,13,16H,4,6-10H2,1-2H3. The van der Waals surface area contributed by atoms with E-state index in [0.717, 1.165) is 19.4 Å². The molecule has 2 rings (SSSR count). The van der Waals surface area contributed by atoms with Crippen LogP contribution >= 0.6 is 11.3 Å². The van der Waals surface area contributed by atoms with E-state index in [9.17, 15) is 0 Å². The molecule has 1 aliphatic carbocycles. The van der Waals surface area contributed by atoms with E-state index in [4.69, 9.17) is 0 Å². The van der Waals surface area contributed by atoms with Crippen molar-refractivity contribution in [2.24, 2.45) is 0 Å². The number of hydrogen-bond donors (Lipinski definition) is 1. The molecule has 0 spiro atoms. The molecule has 1 atom stereocenters. The van der Waals surface area contributed by atoms with Crippen LogP contribution in [0, 0.1) is 11.8 Å². The molecule has 0 aromatic carbocycles. The summed E-state index contributed by atoms with van der Waals surface area (Å²) in [4.78, 5) is 3.15. The predicted octanol–water partition coefficient (Wildman–Crippen LogP) is 3.69. The van der Waals surface area contributed by atoms with Crippen LogP contribution in [0.2, 0.25) is 0 Å². The third kappa shape index (κ3) is 3.12. The minimum atomic E-state index is 0.511. The van der Waals surface area contributed by atoms with Crippen LogP contribution in [0.5, 0.6) is 0 Å². The molecule has 17 heavy (non-hydrogen) atoms. The van der Waals surface area contributed by atoms with Gasteiger partial charge in [-0.15, -0.1) is 23.2 Å². The lowest BCUT2D eigenvalue weighted by molar-refractivity contribution is 0.530. The number of hydrogen-bond acceptors (Lipinski definition) is 2. The topological polar surface area (TPSA) is 12.0 Å². The van der Waals surface area contributed by atoms with Gasteiger partial charge in [0.1, 0.15) is 0 Å². The smallest absolute Gasteiger partial charge is 0.0424 e. The molecule has 2 heteroatoms. The summed E-state index contributed by atoms with van der Waals surface area (Å²) in [6, 6.07) is 2.94. The number of nitrogens with one attached hydrogen (secondary N) is 1. The second-order valence-electron chi connectivity index (χ2n) is 4.53. The average Bonchev–Trinajstić information content (AvgIpc) is 2.88. The Hall–Kier alpha value is -0.780. The molecule has 1 nitrogen and oxygen atoms in total. The summed E-state index contributed by atoms with van der Waals surface area (Å²) in [6.45, 7) is 5.13. The molecular formula is C15H21NS. The van der Waals surface area contributed by atoms with Gasteiger partial charge in [0.05, 0.1) is 0 Å². The lowest BCUT2D eigenvalue weighted by Crippen LogP contribution is -2.19. The zero-order chi connectivity index (χ0) is 12.1. The Bertz CT molecular complexity index is 400. The van der Waals surface area contributed by atoms with Crippen molar-refractivity contribution in [3.05, 3.63) is 21.4 Å². The fourth-order valence-corrected chi connectivity index (χ4v) is 3.82. The highest BCUT2D eigenvalue weighted by atomic mass is 32.1. The van der Waals surface area contributed by atoms with Crippen molar-refractivity contribution in [2.75, 3.05) is 6.54 Å². The molecule has 1 aromatic heterocycles. The summed E-state index contributed by atoms with van der Waals surface area (Å²) in [7, 11) is 0. The first-order valence-electron chi connectivity index (χ1n) is 6.59. The van der Waals surface area contributed by atoms with Gasteiger partial charge in [-0.2, -0.15) is 0 Å². The maximum absolute atomic E-state index is 3.59. The first-order chi connectivity index (χ1) is 8.35. The van der Waals surface area contributed by atoms with Crippen molar-refractivity contribution >= 4 is 11.3 Å². The molecule has 0 saturated heterocycles. The summed E-state index contributed by atoms with van der Waals surface area (Å²) in [5, 5.41) is 3.59. The second-order valence-corrected chi connectivity index (χ2v) is 5.69. The van der Waals surface area contributed by atoms with Crippen LogP contribution in [0.1, 0.15) is 54.5 Å². The largest absolute Gasteiger partial charge is 0.309 e. The Kier molecular flexibility index (Phi) is 4.65. The van der Waals surface area contributed by atoms with E-state index in [0.29, 0.717) is 6.04 Å². The Balaban J connectivity index is 2.04. The molecule has 92 valence electrons. The van der Waals surface area contributed by atoms with Gasteiger partial charge in [-0.25, -0.2) is 0 Å². The van der Waals surface area contributed by atoms with Crippen LogP contribution in [0.25, 0.3) is 0 Å². The van der Waals surface area contributed by atoms with Crippen molar-refractivity contribution in [3.63, 3.8) is 0 Å². The quantitative estimate of drug-likeness (QED) is 0.782. The summed E-state index contributed by atoms with van der Waals surface area (Å²) in [5.74, 6) is 6.15. The number of fused-ring (bicyclic) bond motifs is 1. The molecule has 1 unspecified atom stereocenters. The molecule has 1 aliphatic rings. The Morgan fingerprint density at radius 2 is 2.35 bits per heavy atom. The summed E-state index contributed by atoms with van der Waals surface area (Å²) >= 11 is 2.02. The fraction of sp³-hybridized carbons (Fsp3) is 0.600. The minimum absolute atomic E-state index is 0.511. The van der Waals surface area contributed by atoms with Crippen LogP contribution in [-0.2, 0) is 12.8 Å². The van der Waals surface area contributed by atoms with E-state index in [2.05, 4.69) is 30.1 Å². The van der Waals surface area contributed by atoms with Crippen LogP contribution in [0.15, 0.2) is 6.07 Å². The van der Waals surface area contributed by atoms with Gasteiger partial charge in [0.2, 0.25) is 0 Å². The third-order valence-corrected chi connectivity index (χ3v) is 4.65. The van der Waals surface area contributed by atoms with Crippen LogP contribution < -0.4 is 5.32 Å². The number of rotatable bonds is 5. The molecule has 0 saturated carbocycles. The van der Waals surface area contributed by atoms with E-state index >= 15 is 0 Å². The zero-order valence-electron chi connectivity index (χ0n) is 10.8. The van der Waals surface area contributed by atoms with Crippen molar-refractivity contribution in [1.29, 1.82) is 0 Å². The Morgan fingerprint density at radius 3 is 3.06 bits per heavy atom. The molecule has 0 amide bonds. The summed E-state index contributed by atoms with van der Waals surface area (Å²) in [6.07, 6.45) is 6.08. The van der Waals surface area contributed by atoms with Gasteiger partial charge in [0.15, 0.2) is 0 Å². The fourth-order valence-electron chi connectivity index (χ4n) is 2.46. The maximum Gasteiger partial charge on any atom is 0.0424 e. The number of aryl methyl sites for hydroxylation is 2. The summed E-state index contributed by atoms with van der Waals surface area (Å²) < 4.78 is 0. The molecular weight excluding hydrogens is 226 g/mol. The lowest BCUT2D eigenvalue weighted by Gasteiger charge is -2.15. The average molecular weight is 247 g/mol. The van der Waals surface area contributed by atoms with Gasteiger partial charge in [0, 0.05) is 22.2 Å². The molecule has 0 bridgehead atoms. The molecule has 1 N–H and O–H groups in total. The van der Waals surface area contributed by atoms with Crippen molar-refractivity contribution in [2.45, 2.75) is 52.0 Å². The molecule has 1 aromatic rings. The van der Waals surface area contributed by atoms with Gasteiger partial charge in [-0.05, 0) is 50.8 Å². The van der Waals surface area contributed by atoms with Gasteiger partial charge in [-0.1, -0.05) is 6.92 Å². The highest BCUT2D eigenvalue weighted by Crippen LogP contribution is 2.35. The van der Waals surface area contributed by atoms with Crippen LogP contribution in [0.3, 0.4) is 0 Å². The third-order valence-electron chi connectivity index (χ3n) is 3.29. The van der Waals surface area contributed by atoms with Crippen molar-refractivity contribution in [1.82, 2.24) is 5.32 Å². The molecule has 0 aliphatic heterocycles. The molecule has 0 radical (unpaired) electrons. The zero-order valence-corrected chi connectivity index (χ0v) is 11.6. The van der Waals surface area contributed by atoms with Gasteiger partial charge >= 0.3 is 0 Å². The SMILES string of the molecule is CC#CCCC(NCC)c1cc2c(s1)CCC2. The molecule has 0 fully saturated rings. The number of thiophene rings is 1. The highest BCUT2D eigenvalue weighted by molar-refractivity contribution is 7.12. The Labute approximate surface area is 109 Å².